The molecule has 3 aromatic carbocycles. The van der Waals surface area contributed by atoms with Gasteiger partial charge in [0.25, 0.3) is 5.91 Å². The molecule has 0 bridgehead atoms. The molecular formula is C38H31F3N6O7. The summed E-state index contributed by atoms with van der Waals surface area (Å²) < 4.78 is 53.1. The van der Waals surface area contributed by atoms with Crippen molar-refractivity contribution in [3.63, 3.8) is 0 Å². The lowest BCUT2D eigenvalue weighted by molar-refractivity contribution is -0.274. The van der Waals surface area contributed by atoms with E-state index in [1.165, 1.54) is 24.5 Å². The summed E-state index contributed by atoms with van der Waals surface area (Å²) in [6.45, 7) is 3.38. The molecule has 2 atom stereocenters. The van der Waals surface area contributed by atoms with Gasteiger partial charge in [-0.1, -0.05) is 50.2 Å². The summed E-state index contributed by atoms with van der Waals surface area (Å²) in [5.74, 6) is -2.20. The number of urea groups is 1. The SMILES string of the molecule is CC(c1ccnc(NC(=O)Oc2ccccc2)c1)C1(C(C)c2ccnc(NC(=O)Oc3ccccc3)c2)NC(=O)N(c2ccc(OC(F)(F)F)cc2)C1=O. The predicted octanol–water partition coefficient (Wildman–Crippen LogP) is 8.00. The van der Waals surface area contributed by atoms with Gasteiger partial charge in [0.2, 0.25) is 0 Å². The molecule has 1 saturated heterocycles. The van der Waals surface area contributed by atoms with Crippen LogP contribution in [0.5, 0.6) is 17.2 Å². The van der Waals surface area contributed by atoms with E-state index in [0.29, 0.717) is 22.6 Å². The summed E-state index contributed by atoms with van der Waals surface area (Å²) in [7, 11) is 0. The predicted molar refractivity (Wildman–Crippen MR) is 189 cm³/mol. The molecule has 2 unspecified atom stereocenters. The summed E-state index contributed by atoms with van der Waals surface area (Å²) in [5, 5.41) is 7.99. The number of para-hydroxylation sites is 2. The highest BCUT2D eigenvalue weighted by molar-refractivity contribution is 6.24. The molecule has 0 saturated carbocycles. The van der Waals surface area contributed by atoms with Crippen molar-refractivity contribution in [1.29, 1.82) is 0 Å². The molecule has 1 aliphatic rings. The van der Waals surface area contributed by atoms with Crippen LogP contribution < -0.4 is 35.1 Å². The number of aromatic nitrogens is 2. The van der Waals surface area contributed by atoms with Gasteiger partial charge in [0.15, 0.2) is 0 Å². The molecule has 3 heterocycles. The molecule has 5 aromatic rings. The minimum Gasteiger partial charge on any atom is -0.410 e. The first-order valence-electron chi connectivity index (χ1n) is 16.3. The summed E-state index contributed by atoms with van der Waals surface area (Å²) >= 11 is 0. The van der Waals surface area contributed by atoms with Gasteiger partial charge in [0.1, 0.15) is 34.4 Å². The first-order chi connectivity index (χ1) is 25.8. The van der Waals surface area contributed by atoms with Crippen LogP contribution in [0.4, 0.5) is 44.9 Å². The van der Waals surface area contributed by atoms with Crippen molar-refractivity contribution in [2.75, 3.05) is 15.5 Å². The van der Waals surface area contributed by atoms with Crippen molar-refractivity contribution < 1.29 is 46.6 Å². The largest absolute Gasteiger partial charge is 0.573 e. The Labute approximate surface area is 306 Å². The Morgan fingerprint density at radius 1 is 0.704 bits per heavy atom. The van der Waals surface area contributed by atoms with E-state index in [1.54, 1.807) is 86.6 Å². The zero-order chi connectivity index (χ0) is 38.5. The monoisotopic (exact) mass is 740 g/mol. The van der Waals surface area contributed by atoms with Crippen molar-refractivity contribution in [3.8, 4) is 17.2 Å². The number of halogens is 3. The number of carbonyl (C=O) groups excluding carboxylic acids is 4. The number of carbonyl (C=O) groups is 4. The smallest absolute Gasteiger partial charge is 0.410 e. The van der Waals surface area contributed by atoms with Gasteiger partial charge in [-0.2, -0.15) is 0 Å². The van der Waals surface area contributed by atoms with Crippen LogP contribution in [0, 0.1) is 0 Å². The van der Waals surface area contributed by atoms with Gasteiger partial charge in [0.05, 0.1) is 5.69 Å². The number of amides is 5. The Morgan fingerprint density at radius 2 is 1.17 bits per heavy atom. The van der Waals surface area contributed by atoms with Crippen LogP contribution in [0.3, 0.4) is 0 Å². The summed E-state index contributed by atoms with van der Waals surface area (Å²) in [4.78, 5) is 63.1. The van der Waals surface area contributed by atoms with Crippen molar-refractivity contribution in [3.05, 3.63) is 133 Å². The van der Waals surface area contributed by atoms with Crippen molar-refractivity contribution in [2.24, 2.45) is 0 Å². The molecule has 6 rings (SSSR count). The van der Waals surface area contributed by atoms with E-state index >= 15 is 0 Å². The number of nitrogens with one attached hydrogen (secondary N) is 3. The zero-order valence-corrected chi connectivity index (χ0v) is 28.5. The number of pyridine rings is 2. The summed E-state index contributed by atoms with van der Waals surface area (Å²) in [5.41, 5.74) is -0.843. The van der Waals surface area contributed by atoms with Gasteiger partial charge in [-0.05, 0) is 83.9 Å². The summed E-state index contributed by atoms with van der Waals surface area (Å²) in [6.07, 6.45) is -3.77. The van der Waals surface area contributed by atoms with Gasteiger partial charge < -0.3 is 19.5 Å². The van der Waals surface area contributed by atoms with Gasteiger partial charge in [-0.3, -0.25) is 15.4 Å². The Bertz CT molecular complexity index is 2050. The Hall–Kier alpha value is -6.97. The Morgan fingerprint density at radius 3 is 1.61 bits per heavy atom. The third-order valence-electron chi connectivity index (χ3n) is 8.70. The number of hydrogen-bond donors (Lipinski definition) is 3. The lowest BCUT2D eigenvalue weighted by Gasteiger charge is -2.39. The fourth-order valence-electron chi connectivity index (χ4n) is 6.10. The van der Waals surface area contributed by atoms with E-state index in [4.69, 9.17) is 9.47 Å². The first kappa shape index (κ1) is 36.8. The molecule has 3 N–H and O–H groups in total. The van der Waals surface area contributed by atoms with E-state index in [0.717, 1.165) is 29.2 Å². The van der Waals surface area contributed by atoms with E-state index in [1.807, 2.05) is 0 Å². The molecule has 2 aromatic heterocycles. The second-order valence-corrected chi connectivity index (χ2v) is 12.0. The standard InChI is InChI=1S/C38H31F3N6O7/c1-23(25-17-19-42-31(21-25)44-35(50)52-28-9-5-3-6-10-28)37(33(48)47(34(49)46-37)27-13-15-30(16-14-27)54-38(39,40)41)24(2)26-18-20-43-32(22-26)45-36(51)53-29-11-7-4-8-12-29/h3-24H,1-2H3,(H,46,49)(H,42,44,50)(H,43,45,51). The molecule has 1 fully saturated rings. The second-order valence-electron chi connectivity index (χ2n) is 12.0. The lowest BCUT2D eigenvalue weighted by atomic mass is 9.70. The maximum Gasteiger partial charge on any atom is 0.573 e. The highest BCUT2D eigenvalue weighted by atomic mass is 19.4. The van der Waals surface area contributed by atoms with Crippen molar-refractivity contribution in [2.45, 2.75) is 37.6 Å². The third kappa shape index (κ3) is 8.22. The van der Waals surface area contributed by atoms with Crippen LogP contribution in [-0.4, -0.2) is 46.0 Å². The van der Waals surface area contributed by atoms with Crippen LogP contribution in [-0.2, 0) is 4.79 Å². The highest BCUT2D eigenvalue weighted by Crippen LogP contribution is 2.45. The number of nitrogens with zero attached hydrogens (tertiary/aromatic N) is 3. The van der Waals surface area contributed by atoms with Gasteiger partial charge in [0, 0.05) is 24.2 Å². The third-order valence-corrected chi connectivity index (χ3v) is 8.70. The molecule has 0 spiro atoms. The lowest BCUT2D eigenvalue weighted by Crippen LogP contribution is -2.55. The molecular weight excluding hydrogens is 709 g/mol. The molecule has 1 aliphatic heterocycles. The second kappa shape index (κ2) is 15.3. The van der Waals surface area contributed by atoms with Crippen LogP contribution in [0.25, 0.3) is 0 Å². The van der Waals surface area contributed by atoms with E-state index in [9.17, 15) is 32.3 Å². The van der Waals surface area contributed by atoms with E-state index < -0.39 is 53.6 Å². The van der Waals surface area contributed by atoms with Gasteiger partial charge in [-0.25, -0.2) is 29.3 Å². The molecule has 54 heavy (non-hydrogen) atoms. The fraction of sp³-hybridized carbons (Fsp3) is 0.158. The number of rotatable bonds is 10. The Balaban J connectivity index is 1.33. The quantitative estimate of drug-likeness (QED) is 0.121. The van der Waals surface area contributed by atoms with Crippen LogP contribution in [0.15, 0.2) is 122 Å². The maximum absolute atomic E-state index is 14.7. The first-order valence-corrected chi connectivity index (χ1v) is 16.3. The van der Waals surface area contributed by atoms with Crippen LogP contribution in [0.2, 0.25) is 0 Å². The topological polar surface area (TPSA) is 161 Å². The number of benzene rings is 3. The molecule has 13 nitrogen and oxygen atoms in total. The maximum atomic E-state index is 14.7. The number of anilines is 3. The minimum absolute atomic E-state index is 0.0187. The Kier molecular flexibility index (Phi) is 10.4. The molecule has 0 aliphatic carbocycles. The number of imide groups is 1. The normalized spacial score (nSPS) is 16.5. The summed E-state index contributed by atoms with van der Waals surface area (Å²) in [6, 6.07) is 26.4. The van der Waals surface area contributed by atoms with Crippen LogP contribution >= 0.6 is 0 Å². The number of alkyl halides is 3. The number of ether oxygens (including phenoxy) is 3. The van der Waals surface area contributed by atoms with Gasteiger partial charge in [-0.15, -0.1) is 13.2 Å². The van der Waals surface area contributed by atoms with E-state index in [-0.39, 0.29) is 17.3 Å². The van der Waals surface area contributed by atoms with Gasteiger partial charge >= 0.3 is 24.6 Å². The molecule has 276 valence electrons. The molecule has 0 radical (unpaired) electrons. The average molecular weight is 741 g/mol. The van der Waals surface area contributed by atoms with Crippen LogP contribution in [0.1, 0.15) is 36.8 Å². The number of hydrogen-bond acceptors (Lipinski definition) is 9. The molecule has 16 heteroatoms. The minimum atomic E-state index is -4.95. The zero-order valence-electron chi connectivity index (χ0n) is 28.5. The average Bonchev–Trinajstić information content (AvgIpc) is 3.41. The van der Waals surface area contributed by atoms with Crippen molar-refractivity contribution in [1.82, 2.24) is 15.3 Å². The van der Waals surface area contributed by atoms with E-state index in [2.05, 4.69) is 30.7 Å². The highest BCUT2D eigenvalue weighted by Gasteiger charge is 2.58. The fourth-order valence-corrected chi connectivity index (χ4v) is 6.10. The molecule has 5 amide bonds. The van der Waals surface area contributed by atoms with Crippen molar-refractivity contribution >= 4 is 41.4 Å².